The van der Waals surface area contributed by atoms with Crippen LogP contribution < -0.4 is 0 Å². The van der Waals surface area contributed by atoms with Gasteiger partial charge in [-0.2, -0.15) is 26.3 Å². The summed E-state index contributed by atoms with van der Waals surface area (Å²) < 4.78 is 88.3. The highest BCUT2D eigenvalue weighted by molar-refractivity contribution is 6.05. The van der Waals surface area contributed by atoms with Crippen molar-refractivity contribution in [2.75, 3.05) is 7.11 Å². The van der Waals surface area contributed by atoms with Gasteiger partial charge in [0.15, 0.2) is 5.78 Å². The number of rotatable bonds is 7. The Kier molecular flexibility index (Phi) is 9.04. The zero-order valence-electron chi connectivity index (χ0n) is 22.9. The number of esters is 2. The third kappa shape index (κ3) is 7.26. The average molecular weight is 593 g/mol. The van der Waals surface area contributed by atoms with Crippen LogP contribution in [-0.4, -0.2) is 24.8 Å². The quantitative estimate of drug-likeness (QED) is 0.122. The fourth-order valence-electron chi connectivity index (χ4n) is 3.90. The van der Waals surface area contributed by atoms with Gasteiger partial charge in [0.25, 0.3) is 5.60 Å². The van der Waals surface area contributed by atoms with Crippen LogP contribution in [0.3, 0.4) is 0 Å². The third-order valence-corrected chi connectivity index (χ3v) is 6.34. The number of alkyl halides is 6. The van der Waals surface area contributed by atoms with Crippen molar-refractivity contribution in [3.05, 3.63) is 118 Å². The van der Waals surface area contributed by atoms with Crippen molar-refractivity contribution in [3.8, 4) is 0 Å². The van der Waals surface area contributed by atoms with Crippen molar-refractivity contribution in [1.82, 2.24) is 0 Å². The predicted molar refractivity (Wildman–Crippen MR) is 141 cm³/mol. The standard InChI is InChI=1S/C31H26F6O5/c1-28(2,3)21-13-15-22(16-14-21)29(27(40)41-4,42-26(39)20-7-11-24(12-8-20)31(35,36)37)18-17-25(38)19-5-9-23(10-6-19)30(32,33)34/h5-18H,1-4H3/b18-17+. The Balaban J connectivity index is 2.09. The summed E-state index contributed by atoms with van der Waals surface area (Å²) in [6.45, 7) is 5.80. The normalized spacial score (nSPS) is 13.9. The molecule has 42 heavy (non-hydrogen) atoms. The van der Waals surface area contributed by atoms with E-state index in [1.807, 2.05) is 20.8 Å². The summed E-state index contributed by atoms with van der Waals surface area (Å²) in [4.78, 5) is 39.3. The molecule has 1 unspecified atom stereocenters. The molecule has 0 aliphatic heterocycles. The highest BCUT2D eigenvalue weighted by Crippen LogP contribution is 2.35. The fraction of sp³-hybridized carbons (Fsp3) is 0.258. The van der Waals surface area contributed by atoms with Crippen molar-refractivity contribution in [2.45, 2.75) is 44.1 Å². The van der Waals surface area contributed by atoms with Gasteiger partial charge < -0.3 is 9.47 Å². The molecule has 3 aromatic rings. The van der Waals surface area contributed by atoms with Gasteiger partial charge in [-0.05, 0) is 59.5 Å². The SMILES string of the molecule is COC(=O)C(/C=C/C(=O)c1ccc(C(F)(F)F)cc1)(OC(=O)c1ccc(C(F)(F)F)cc1)c1ccc(C(C)(C)C)cc1. The van der Waals surface area contributed by atoms with Crippen LogP contribution in [0.4, 0.5) is 26.3 Å². The molecule has 5 nitrogen and oxygen atoms in total. The second-order valence-electron chi connectivity index (χ2n) is 10.3. The number of halogens is 6. The largest absolute Gasteiger partial charge is 0.466 e. The van der Waals surface area contributed by atoms with Crippen molar-refractivity contribution in [1.29, 1.82) is 0 Å². The van der Waals surface area contributed by atoms with Gasteiger partial charge in [0.1, 0.15) is 0 Å². The Labute approximate surface area is 237 Å². The van der Waals surface area contributed by atoms with E-state index in [2.05, 4.69) is 0 Å². The molecule has 0 amide bonds. The maximum absolute atomic E-state index is 13.2. The number of hydrogen-bond donors (Lipinski definition) is 0. The van der Waals surface area contributed by atoms with Gasteiger partial charge in [-0.1, -0.05) is 57.2 Å². The topological polar surface area (TPSA) is 69.7 Å². The molecule has 11 heteroatoms. The Morgan fingerprint density at radius 3 is 1.43 bits per heavy atom. The van der Waals surface area contributed by atoms with Crippen LogP contribution in [0, 0.1) is 0 Å². The number of hydrogen-bond acceptors (Lipinski definition) is 5. The van der Waals surface area contributed by atoms with E-state index in [0.717, 1.165) is 49.1 Å². The van der Waals surface area contributed by atoms with E-state index in [0.29, 0.717) is 24.3 Å². The van der Waals surface area contributed by atoms with Gasteiger partial charge in [-0.3, -0.25) is 4.79 Å². The highest BCUT2D eigenvalue weighted by atomic mass is 19.4. The molecule has 1 atom stereocenters. The molecule has 0 radical (unpaired) electrons. The summed E-state index contributed by atoms with van der Waals surface area (Å²) in [7, 11) is 0.998. The lowest BCUT2D eigenvalue weighted by Crippen LogP contribution is -2.40. The van der Waals surface area contributed by atoms with Gasteiger partial charge in [0, 0.05) is 11.1 Å². The zero-order chi connectivity index (χ0) is 31.5. The predicted octanol–water partition coefficient (Wildman–Crippen LogP) is 7.69. The van der Waals surface area contributed by atoms with E-state index in [4.69, 9.17) is 9.47 Å². The Morgan fingerprint density at radius 2 is 1.02 bits per heavy atom. The van der Waals surface area contributed by atoms with E-state index >= 15 is 0 Å². The maximum Gasteiger partial charge on any atom is 0.416 e. The molecule has 0 bridgehead atoms. The fourth-order valence-corrected chi connectivity index (χ4v) is 3.90. The second-order valence-corrected chi connectivity index (χ2v) is 10.3. The Morgan fingerprint density at radius 1 is 0.619 bits per heavy atom. The van der Waals surface area contributed by atoms with Gasteiger partial charge in [0.2, 0.25) is 0 Å². The second kappa shape index (κ2) is 11.8. The van der Waals surface area contributed by atoms with Crippen LogP contribution in [-0.2, 0) is 37.6 Å². The third-order valence-electron chi connectivity index (χ3n) is 6.34. The molecular formula is C31H26F6O5. The van der Waals surface area contributed by atoms with Crippen LogP contribution in [0.1, 0.15) is 63.7 Å². The molecule has 0 aromatic heterocycles. The van der Waals surface area contributed by atoms with Crippen LogP contribution in [0.2, 0.25) is 0 Å². The first-order valence-electron chi connectivity index (χ1n) is 12.4. The lowest BCUT2D eigenvalue weighted by atomic mass is 9.84. The van der Waals surface area contributed by atoms with Gasteiger partial charge in [-0.25, -0.2) is 9.59 Å². The molecular weight excluding hydrogens is 566 g/mol. The van der Waals surface area contributed by atoms with Gasteiger partial charge in [-0.15, -0.1) is 0 Å². The molecule has 0 aliphatic carbocycles. The average Bonchev–Trinajstić information content (AvgIpc) is 2.93. The minimum Gasteiger partial charge on any atom is -0.466 e. The molecule has 3 aromatic carbocycles. The number of carbonyl (C=O) groups is 3. The molecule has 0 aliphatic rings. The Bertz CT molecular complexity index is 1460. The molecule has 222 valence electrons. The molecule has 0 heterocycles. The van der Waals surface area contributed by atoms with Gasteiger partial charge in [0.05, 0.1) is 23.8 Å². The first-order chi connectivity index (χ1) is 19.4. The van der Waals surface area contributed by atoms with Crippen molar-refractivity contribution < 1.29 is 50.2 Å². The van der Waals surface area contributed by atoms with Gasteiger partial charge >= 0.3 is 24.3 Å². The smallest absolute Gasteiger partial charge is 0.416 e. The molecule has 3 rings (SSSR count). The number of methoxy groups -OCH3 is 1. The first-order valence-corrected chi connectivity index (χ1v) is 12.4. The van der Waals surface area contributed by atoms with Crippen LogP contribution in [0.15, 0.2) is 84.9 Å². The summed E-state index contributed by atoms with van der Waals surface area (Å²) in [5.74, 6) is -3.18. The minimum absolute atomic E-state index is 0.0408. The van der Waals surface area contributed by atoms with E-state index < -0.39 is 46.8 Å². The first kappa shape index (κ1) is 32.1. The van der Waals surface area contributed by atoms with E-state index in [1.165, 1.54) is 12.1 Å². The van der Waals surface area contributed by atoms with E-state index in [9.17, 15) is 40.7 Å². The monoisotopic (exact) mass is 592 g/mol. The zero-order valence-corrected chi connectivity index (χ0v) is 22.9. The summed E-state index contributed by atoms with van der Waals surface area (Å²) >= 11 is 0. The molecule has 0 N–H and O–H groups in total. The van der Waals surface area contributed by atoms with E-state index in [1.54, 1.807) is 12.1 Å². The Hall–Kier alpha value is -4.41. The van der Waals surface area contributed by atoms with Crippen LogP contribution >= 0.6 is 0 Å². The minimum atomic E-state index is -4.66. The number of carbonyl (C=O) groups excluding carboxylic acids is 3. The lowest BCUT2D eigenvalue weighted by Gasteiger charge is -2.29. The molecule has 0 saturated heterocycles. The molecule has 0 saturated carbocycles. The number of allylic oxidation sites excluding steroid dienone is 1. The summed E-state index contributed by atoms with van der Waals surface area (Å²) in [5.41, 5.74) is -4.30. The highest BCUT2D eigenvalue weighted by Gasteiger charge is 2.44. The van der Waals surface area contributed by atoms with Crippen molar-refractivity contribution in [3.63, 3.8) is 0 Å². The summed E-state index contributed by atoms with van der Waals surface area (Å²) in [6, 6.07) is 12.6. The number of ketones is 1. The van der Waals surface area contributed by atoms with Crippen LogP contribution in [0.5, 0.6) is 0 Å². The molecule has 0 spiro atoms. The lowest BCUT2D eigenvalue weighted by molar-refractivity contribution is -0.159. The summed E-state index contributed by atoms with van der Waals surface area (Å²) in [6.07, 6.45) is -7.51. The summed E-state index contributed by atoms with van der Waals surface area (Å²) in [5, 5.41) is 0. The van der Waals surface area contributed by atoms with E-state index in [-0.39, 0.29) is 22.1 Å². The number of ether oxygens (including phenoxy) is 2. The van der Waals surface area contributed by atoms with Crippen molar-refractivity contribution >= 4 is 17.7 Å². The van der Waals surface area contributed by atoms with Crippen molar-refractivity contribution in [2.24, 2.45) is 0 Å². The molecule has 0 fully saturated rings. The number of benzene rings is 3. The maximum atomic E-state index is 13.2. The van der Waals surface area contributed by atoms with Crippen LogP contribution in [0.25, 0.3) is 0 Å².